The molecule has 2 nitrogen and oxygen atoms in total. The largest absolute Gasteiger partial charge is 0.240 e. The monoisotopic (exact) mass is 295 g/mol. The molecule has 2 aromatic rings. The molecule has 2 aliphatic rings. The molecule has 1 saturated heterocycles. The summed E-state index contributed by atoms with van der Waals surface area (Å²) in [4.78, 5) is 14.2. The van der Waals surface area contributed by atoms with Gasteiger partial charge in [-0.05, 0) is 23.1 Å². The molecule has 2 atom stereocenters. The summed E-state index contributed by atoms with van der Waals surface area (Å²) in [7, 11) is 0. The molecule has 0 radical (unpaired) electrons. The SMILES string of the molecule is O=C=Nc1ccc(C23C=CC=CC2S3)c2cccc(F)c12. The van der Waals surface area contributed by atoms with E-state index in [1.54, 1.807) is 12.1 Å². The number of carbonyl (C=O) groups excluding carboxylic acids is 1. The van der Waals surface area contributed by atoms with E-state index in [0.29, 0.717) is 16.3 Å². The van der Waals surface area contributed by atoms with Crippen LogP contribution in [0.3, 0.4) is 0 Å². The van der Waals surface area contributed by atoms with E-state index in [-0.39, 0.29) is 10.6 Å². The number of rotatable bonds is 2. The van der Waals surface area contributed by atoms with E-state index in [0.717, 1.165) is 10.9 Å². The topological polar surface area (TPSA) is 29.4 Å². The number of benzene rings is 2. The molecule has 0 N–H and O–H groups in total. The molecule has 4 heteroatoms. The van der Waals surface area contributed by atoms with Gasteiger partial charge in [-0.25, -0.2) is 9.18 Å². The van der Waals surface area contributed by atoms with Crippen LogP contribution in [0.4, 0.5) is 10.1 Å². The van der Waals surface area contributed by atoms with Crippen molar-refractivity contribution in [1.82, 2.24) is 0 Å². The first-order valence-corrected chi connectivity index (χ1v) is 7.48. The average molecular weight is 295 g/mol. The number of aliphatic imine (C=N–C) groups is 1. The van der Waals surface area contributed by atoms with E-state index in [2.05, 4.69) is 17.1 Å². The molecule has 0 spiro atoms. The van der Waals surface area contributed by atoms with Gasteiger partial charge in [-0.1, -0.05) is 42.5 Å². The fourth-order valence-electron chi connectivity index (χ4n) is 2.99. The average Bonchev–Trinajstić information content (AvgIpc) is 3.23. The van der Waals surface area contributed by atoms with E-state index < -0.39 is 0 Å². The van der Waals surface area contributed by atoms with Crippen LogP contribution in [-0.2, 0) is 9.54 Å². The standard InChI is InChI=1S/C17H10FNOS/c18-13-5-3-4-11-12(7-8-14(16(11)13)19-10-20)17-9-2-1-6-15(17)21-17/h1-9,15H. The summed E-state index contributed by atoms with van der Waals surface area (Å²) in [6.07, 6.45) is 9.88. The van der Waals surface area contributed by atoms with Gasteiger partial charge in [0, 0.05) is 10.6 Å². The quantitative estimate of drug-likeness (QED) is 0.467. The summed E-state index contributed by atoms with van der Waals surface area (Å²) in [5.74, 6) is -0.364. The number of isocyanates is 1. The van der Waals surface area contributed by atoms with Crippen LogP contribution in [0.15, 0.2) is 59.6 Å². The predicted molar refractivity (Wildman–Crippen MR) is 83.0 cm³/mol. The summed E-state index contributed by atoms with van der Waals surface area (Å²) in [6.45, 7) is 0. The van der Waals surface area contributed by atoms with E-state index in [1.807, 2.05) is 36.0 Å². The van der Waals surface area contributed by atoms with Gasteiger partial charge < -0.3 is 0 Å². The maximum atomic E-state index is 14.2. The Morgan fingerprint density at radius 1 is 1.24 bits per heavy atom. The first kappa shape index (κ1) is 12.6. The van der Waals surface area contributed by atoms with Gasteiger partial charge in [0.15, 0.2) is 0 Å². The Bertz CT molecular complexity index is 866. The number of hydrogen-bond donors (Lipinski definition) is 0. The fraction of sp³-hybridized carbons (Fsp3) is 0.118. The Hall–Kier alpha value is -2.16. The van der Waals surface area contributed by atoms with Crippen molar-refractivity contribution in [2.45, 2.75) is 10.00 Å². The lowest BCUT2D eigenvalue weighted by molar-refractivity contribution is 0.565. The van der Waals surface area contributed by atoms with Crippen LogP contribution in [-0.4, -0.2) is 11.3 Å². The van der Waals surface area contributed by atoms with Crippen molar-refractivity contribution < 1.29 is 9.18 Å². The Morgan fingerprint density at radius 3 is 2.95 bits per heavy atom. The number of halogens is 1. The molecule has 4 rings (SSSR count). The lowest BCUT2D eigenvalue weighted by Crippen LogP contribution is -2.10. The zero-order valence-electron chi connectivity index (χ0n) is 10.9. The molecule has 2 aromatic carbocycles. The van der Waals surface area contributed by atoms with Crippen molar-refractivity contribution in [2.75, 3.05) is 0 Å². The second-order valence-electron chi connectivity index (χ2n) is 5.07. The molecular weight excluding hydrogens is 285 g/mol. The zero-order chi connectivity index (χ0) is 14.4. The Morgan fingerprint density at radius 2 is 2.14 bits per heavy atom. The van der Waals surface area contributed by atoms with Crippen LogP contribution in [0.5, 0.6) is 0 Å². The molecule has 0 saturated carbocycles. The summed E-state index contributed by atoms with van der Waals surface area (Å²) in [6, 6.07) is 8.60. The van der Waals surface area contributed by atoms with Crippen LogP contribution in [0.2, 0.25) is 0 Å². The third-order valence-corrected chi connectivity index (χ3v) is 5.51. The first-order valence-electron chi connectivity index (χ1n) is 6.60. The number of hydrogen-bond acceptors (Lipinski definition) is 3. The molecule has 1 heterocycles. The molecule has 1 aliphatic carbocycles. The first-order chi connectivity index (χ1) is 10.3. The minimum Gasteiger partial charge on any atom is -0.211 e. The van der Waals surface area contributed by atoms with Crippen molar-refractivity contribution in [3.05, 3.63) is 66.0 Å². The molecule has 1 fully saturated rings. The van der Waals surface area contributed by atoms with Crippen LogP contribution in [0.25, 0.3) is 10.8 Å². The Labute approximate surface area is 125 Å². The highest BCUT2D eigenvalue weighted by Gasteiger charge is 2.54. The van der Waals surface area contributed by atoms with Gasteiger partial charge >= 0.3 is 0 Å². The van der Waals surface area contributed by atoms with E-state index in [4.69, 9.17) is 0 Å². The minimum absolute atomic E-state index is 0.107. The summed E-state index contributed by atoms with van der Waals surface area (Å²) >= 11 is 1.84. The van der Waals surface area contributed by atoms with Gasteiger partial charge in [0.25, 0.3) is 0 Å². The predicted octanol–water partition coefficient (Wildman–Crippen LogP) is 4.38. The summed E-state index contributed by atoms with van der Waals surface area (Å²) < 4.78 is 14.1. The summed E-state index contributed by atoms with van der Waals surface area (Å²) in [5.41, 5.74) is 1.40. The van der Waals surface area contributed by atoms with Crippen molar-refractivity contribution in [2.24, 2.45) is 4.99 Å². The lowest BCUT2D eigenvalue weighted by Gasteiger charge is -2.16. The highest BCUT2D eigenvalue weighted by Crippen LogP contribution is 2.65. The summed E-state index contributed by atoms with van der Waals surface area (Å²) in [5, 5.41) is 1.60. The highest BCUT2D eigenvalue weighted by molar-refractivity contribution is 8.08. The molecule has 2 unspecified atom stereocenters. The Kier molecular flexibility index (Phi) is 2.64. The molecule has 21 heavy (non-hydrogen) atoms. The number of allylic oxidation sites excluding steroid dienone is 2. The molecule has 0 aromatic heterocycles. The second-order valence-corrected chi connectivity index (χ2v) is 6.49. The highest BCUT2D eigenvalue weighted by atomic mass is 32.2. The van der Waals surface area contributed by atoms with Gasteiger partial charge in [-0.15, -0.1) is 11.8 Å². The maximum absolute atomic E-state index is 14.2. The van der Waals surface area contributed by atoms with Crippen LogP contribution < -0.4 is 0 Å². The minimum atomic E-state index is -0.364. The van der Waals surface area contributed by atoms with Crippen molar-refractivity contribution in [3.63, 3.8) is 0 Å². The molecule has 0 amide bonds. The number of nitrogens with zero attached hydrogens (tertiary/aromatic N) is 1. The van der Waals surface area contributed by atoms with Gasteiger partial charge in [0.2, 0.25) is 6.08 Å². The van der Waals surface area contributed by atoms with Crippen LogP contribution >= 0.6 is 11.8 Å². The number of thioether (sulfide) groups is 1. The third kappa shape index (κ3) is 1.73. The molecule has 0 bridgehead atoms. The van der Waals surface area contributed by atoms with Gasteiger partial charge in [-0.2, -0.15) is 4.99 Å². The second kappa shape index (κ2) is 4.42. The zero-order valence-corrected chi connectivity index (χ0v) is 11.7. The van der Waals surface area contributed by atoms with E-state index in [9.17, 15) is 9.18 Å². The van der Waals surface area contributed by atoms with Crippen molar-refractivity contribution in [3.8, 4) is 0 Å². The Balaban J connectivity index is 2.03. The molecule has 102 valence electrons. The number of fused-ring (bicyclic) bond motifs is 2. The van der Waals surface area contributed by atoms with Gasteiger partial charge in [0.05, 0.1) is 10.4 Å². The van der Waals surface area contributed by atoms with E-state index >= 15 is 0 Å². The van der Waals surface area contributed by atoms with E-state index in [1.165, 1.54) is 12.1 Å². The third-order valence-electron chi connectivity index (χ3n) is 3.98. The van der Waals surface area contributed by atoms with Crippen LogP contribution in [0.1, 0.15) is 5.56 Å². The van der Waals surface area contributed by atoms with Crippen molar-refractivity contribution in [1.29, 1.82) is 0 Å². The normalized spacial score (nSPS) is 25.5. The smallest absolute Gasteiger partial charge is 0.211 e. The molecular formula is C17H10FNOS. The van der Waals surface area contributed by atoms with Crippen molar-refractivity contribution >= 4 is 34.3 Å². The lowest BCUT2D eigenvalue weighted by atomic mass is 9.88. The fourth-order valence-corrected chi connectivity index (χ4v) is 4.26. The van der Waals surface area contributed by atoms with Gasteiger partial charge in [0.1, 0.15) is 5.82 Å². The van der Waals surface area contributed by atoms with Gasteiger partial charge in [-0.3, -0.25) is 0 Å². The van der Waals surface area contributed by atoms with Crippen LogP contribution in [0, 0.1) is 5.82 Å². The maximum Gasteiger partial charge on any atom is 0.240 e. The molecule has 1 aliphatic heterocycles.